The minimum absolute atomic E-state index is 0.0212. The molecule has 0 bridgehead atoms. The third kappa shape index (κ3) is 5.95. The average Bonchev–Trinajstić information content (AvgIpc) is 2.83. The Morgan fingerprint density at radius 1 is 1.10 bits per heavy atom. The highest BCUT2D eigenvalue weighted by molar-refractivity contribution is 5.91. The predicted molar refractivity (Wildman–Crippen MR) is 115 cm³/mol. The van der Waals surface area contributed by atoms with Crippen molar-refractivity contribution in [2.45, 2.75) is 31.3 Å². The van der Waals surface area contributed by atoms with Crippen LogP contribution in [0.1, 0.15) is 18.4 Å². The minimum atomic E-state index is -0.844. The summed E-state index contributed by atoms with van der Waals surface area (Å²) in [5.41, 5.74) is 0.862. The Bertz CT molecular complexity index is 764. The smallest absolute Gasteiger partial charge is 0.328 e. The summed E-state index contributed by atoms with van der Waals surface area (Å²) in [4.78, 5) is 40.2. The predicted octanol–water partition coefficient (Wildman–Crippen LogP) is -0.304. The van der Waals surface area contributed by atoms with Gasteiger partial charge in [0.15, 0.2) is 0 Å². The first-order valence-electron chi connectivity index (χ1n) is 10.8. The molecule has 2 atom stereocenters. The monoisotopic (exact) mass is 432 g/mol. The van der Waals surface area contributed by atoms with Gasteiger partial charge in [-0.05, 0) is 43.6 Å². The molecule has 2 heterocycles. The molecular weight excluding hydrogens is 400 g/mol. The van der Waals surface area contributed by atoms with Crippen LogP contribution in [0.15, 0.2) is 24.3 Å². The van der Waals surface area contributed by atoms with Crippen LogP contribution < -0.4 is 20.7 Å². The maximum Gasteiger partial charge on any atom is 0.328 e. The summed E-state index contributed by atoms with van der Waals surface area (Å²) in [7, 11) is 2.88. The lowest BCUT2D eigenvalue weighted by Gasteiger charge is -2.38. The van der Waals surface area contributed by atoms with Gasteiger partial charge in [0.25, 0.3) is 0 Å². The van der Waals surface area contributed by atoms with Gasteiger partial charge < -0.3 is 30.3 Å². The van der Waals surface area contributed by atoms with Crippen molar-refractivity contribution in [3.8, 4) is 5.75 Å². The molecule has 1 aromatic rings. The van der Waals surface area contributed by atoms with E-state index in [2.05, 4.69) is 16.0 Å². The first-order valence-corrected chi connectivity index (χ1v) is 10.8. The van der Waals surface area contributed by atoms with Gasteiger partial charge >= 0.3 is 5.97 Å². The zero-order valence-electron chi connectivity index (χ0n) is 18.2. The van der Waals surface area contributed by atoms with Crippen LogP contribution in [-0.4, -0.2) is 81.7 Å². The number of carbonyl (C=O) groups excluding carboxylic acids is 3. The third-order valence-corrected chi connectivity index (χ3v) is 5.92. The SMILES string of the molecule is COC(=O)C(Cc1ccc(OC)cc1)NC(=O)C1CNCCN1C(=O)C1CCNCC1. The molecule has 0 radical (unpaired) electrons. The van der Waals surface area contributed by atoms with Crippen molar-refractivity contribution in [3.05, 3.63) is 29.8 Å². The molecule has 0 saturated carbocycles. The molecule has 2 amide bonds. The van der Waals surface area contributed by atoms with Crippen LogP contribution in [0.2, 0.25) is 0 Å². The highest BCUT2D eigenvalue weighted by Crippen LogP contribution is 2.18. The normalized spacial score (nSPS) is 20.6. The molecule has 2 saturated heterocycles. The van der Waals surface area contributed by atoms with Crippen LogP contribution in [0.25, 0.3) is 0 Å². The Labute approximate surface area is 182 Å². The number of ether oxygens (including phenoxy) is 2. The zero-order valence-corrected chi connectivity index (χ0v) is 18.2. The van der Waals surface area contributed by atoms with Crippen molar-refractivity contribution in [1.29, 1.82) is 0 Å². The second-order valence-electron chi connectivity index (χ2n) is 7.91. The maximum absolute atomic E-state index is 13.1. The third-order valence-electron chi connectivity index (χ3n) is 5.92. The molecule has 3 N–H and O–H groups in total. The number of nitrogens with zero attached hydrogens (tertiary/aromatic N) is 1. The van der Waals surface area contributed by atoms with Crippen molar-refractivity contribution in [1.82, 2.24) is 20.9 Å². The van der Waals surface area contributed by atoms with Crippen LogP contribution >= 0.6 is 0 Å². The Morgan fingerprint density at radius 2 is 1.81 bits per heavy atom. The van der Waals surface area contributed by atoms with Crippen molar-refractivity contribution in [3.63, 3.8) is 0 Å². The minimum Gasteiger partial charge on any atom is -0.497 e. The Morgan fingerprint density at radius 3 is 2.45 bits per heavy atom. The molecule has 2 fully saturated rings. The largest absolute Gasteiger partial charge is 0.497 e. The number of rotatable bonds is 7. The van der Waals surface area contributed by atoms with E-state index in [0.717, 1.165) is 31.5 Å². The van der Waals surface area contributed by atoms with Gasteiger partial charge in [-0.2, -0.15) is 0 Å². The lowest BCUT2D eigenvalue weighted by molar-refractivity contribution is -0.148. The summed E-state index contributed by atoms with van der Waals surface area (Å²) in [6.45, 7) is 3.10. The number of piperazine rings is 1. The number of hydrogen-bond donors (Lipinski definition) is 3. The van der Waals surface area contributed by atoms with Gasteiger partial charge in [0.2, 0.25) is 11.8 Å². The highest BCUT2D eigenvalue weighted by Gasteiger charge is 2.37. The first kappa shape index (κ1) is 23.0. The van der Waals surface area contributed by atoms with Crippen molar-refractivity contribution in [2.75, 3.05) is 46.9 Å². The van der Waals surface area contributed by atoms with E-state index in [1.165, 1.54) is 7.11 Å². The maximum atomic E-state index is 13.1. The Kier molecular flexibility index (Phi) is 8.25. The van der Waals surface area contributed by atoms with Crippen LogP contribution in [0, 0.1) is 5.92 Å². The summed E-state index contributed by atoms with van der Waals surface area (Å²) in [6, 6.07) is 5.79. The fourth-order valence-corrected chi connectivity index (χ4v) is 4.11. The average molecular weight is 433 g/mol. The van der Waals surface area contributed by atoms with E-state index in [0.29, 0.717) is 25.4 Å². The molecule has 170 valence electrons. The topological polar surface area (TPSA) is 109 Å². The molecule has 2 aliphatic heterocycles. The molecule has 2 aliphatic rings. The van der Waals surface area contributed by atoms with Gasteiger partial charge in [0, 0.05) is 32.0 Å². The number of hydrogen-bond acceptors (Lipinski definition) is 7. The lowest BCUT2D eigenvalue weighted by atomic mass is 9.95. The lowest BCUT2D eigenvalue weighted by Crippen LogP contribution is -2.62. The van der Waals surface area contributed by atoms with E-state index in [4.69, 9.17) is 9.47 Å². The number of esters is 1. The first-order chi connectivity index (χ1) is 15.0. The quantitative estimate of drug-likeness (QED) is 0.508. The summed E-state index contributed by atoms with van der Waals surface area (Å²) in [5.74, 6) is -0.205. The molecule has 31 heavy (non-hydrogen) atoms. The molecule has 3 rings (SSSR count). The van der Waals surface area contributed by atoms with Gasteiger partial charge in [-0.1, -0.05) is 12.1 Å². The molecular formula is C22H32N4O5. The van der Waals surface area contributed by atoms with Crippen LogP contribution in [0.5, 0.6) is 5.75 Å². The van der Waals surface area contributed by atoms with Crippen molar-refractivity contribution >= 4 is 17.8 Å². The van der Waals surface area contributed by atoms with Crippen LogP contribution in [0.4, 0.5) is 0 Å². The number of benzene rings is 1. The second kappa shape index (κ2) is 11.1. The number of methoxy groups -OCH3 is 2. The molecule has 1 aromatic carbocycles. The Hall–Kier alpha value is -2.65. The van der Waals surface area contributed by atoms with Crippen molar-refractivity contribution in [2.24, 2.45) is 5.92 Å². The molecule has 0 aliphatic carbocycles. The van der Waals surface area contributed by atoms with Gasteiger partial charge in [0.05, 0.1) is 14.2 Å². The van der Waals surface area contributed by atoms with E-state index in [1.54, 1.807) is 24.1 Å². The summed E-state index contributed by atoms with van der Waals surface area (Å²) in [5, 5.41) is 9.26. The highest BCUT2D eigenvalue weighted by atomic mass is 16.5. The zero-order chi connectivity index (χ0) is 22.2. The number of piperidine rings is 1. The summed E-state index contributed by atoms with van der Waals surface area (Å²) < 4.78 is 10.1. The summed E-state index contributed by atoms with van der Waals surface area (Å²) >= 11 is 0. The molecule has 0 aromatic heterocycles. The Balaban J connectivity index is 1.69. The van der Waals surface area contributed by atoms with Gasteiger partial charge in [0.1, 0.15) is 17.8 Å². The molecule has 2 unspecified atom stereocenters. The van der Waals surface area contributed by atoms with E-state index in [9.17, 15) is 14.4 Å². The van der Waals surface area contributed by atoms with Gasteiger partial charge in [-0.3, -0.25) is 9.59 Å². The van der Waals surface area contributed by atoms with Crippen molar-refractivity contribution < 1.29 is 23.9 Å². The number of amides is 2. The second-order valence-corrected chi connectivity index (χ2v) is 7.91. The fraction of sp³-hybridized carbons (Fsp3) is 0.591. The molecule has 9 heteroatoms. The number of nitrogens with one attached hydrogen (secondary N) is 3. The van der Waals surface area contributed by atoms with Crippen LogP contribution in [0.3, 0.4) is 0 Å². The van der Waals surface area contributed by atoms with Gasteiger partial charge in [-0.15, -0.1) is 0 Å². The molecule has 9 nitrogen and oxygen atoms in total. The van der Waals surface area contributed by atoms with E-state index in [1.807, 2.05) is 12.1 Å². The van der Waals surface area contributed by atoms with E-state index in [-0.39, 0.29) is 24.2 Å². The number of carbonyl (C=O) groups is 3. The van der Waals surface area contributed by atoms with E-state index >= 15 is 0 Å². The van der Waals surface area contributed by atoms with Gasteiger partial charge in [-0.25, -0.2) is 4.79 Å². The van der Waals surface area contributed by atoms with E-state index < -0.39 is 18.1 Å². The summed E-state index contributed by atoms with van der Waals surface area (Å²) in [6.07, 6.45) is 1.84. The van der Waals surface area contributed by atoms with Crippen LogP contribution in [-0.2, 0) is 25.5 Å². The molecule has 0 spiro atoms. The standard InChI is InChI=1S/C22H32N4O5/c1-30-17-5-3-15(4-6-17)13-18(22(29)31-2)25-20(27)19-14-24-11-12-26(19)21(28)16-7-9-23-10-8-16/h3-6,16,18-19,23-24H,7-14H2,1-2H3,(H,25,27). The fourth-order valence-electron chi connectivity index (χ4n) is 4.11.